The Labute approximate surface area is 167 Å². The van der Waals surface area contributed by atoms with Crippen LogP contribution in [0, 0.1) is 10.6 Å². The second-order valence-electron chi connectivity index (χ2n) is 8.06. The Bertz CT molecular complexity index is 1020. The number of nitrogens with zero attached hydrogens (tertiary/aromatic N) is 3. The van der Waals surface area contributed by atoms with Crippen LogP contribution in [0.15, 0.2) is 18.2 Å². The van der Waals surface area contributed by atoms with Gasteiger partial charge in [0, 0.05) is 54.4 Å². The molecule has 3 aliphatic rings. The van der Waals surface area contributed by atoms with Gasteiger partial charge in [0.15, 0.2) is 4.77 Å². The second kappa shape index (κ2) is 5.92. The second-order valence-corrected chi connectivity index (χ2v) is 8.86. The molecule has 0 unspecified atom stereocenters. The molecular weight excluding hydrogens is 385 g/mol. The van der Waals surface area contributed by atoms with E-state index in [9.17, 15) is 9.18 Å². The molecule has 2 aliphatic heterocycles. The van der Waals surface area contributed by atoms with Gasteiger partial charge in [-0.25, -0.2) is 4.39 Å². The van der Waals surface area contributed by atoms with Crippen LogP contribution in [0.2, 0.25) is 5.02 Å². The first-order valence-corrected chi connectivity index (χ1v) is 10.2. The van der Waals surface area contributed by atoms with E-state index in [1.807, 2.05) is 16.5 Å². The molecule has 1 aromatic carbocycles. The summed E-state index contributed by atoms with van der Waals surface area (Å²) in [5.74, 6) is 0.158. The molecule has 0 N–H and O–H groups in total. The Morgan fingerprint density at radius 2 is 2.11 bits per heavy atom. The van der Waals surface area contributed by atoms with Crippen LogP contribution in [0.1, 0.15) is 42.1 Å². The van der Waals surface area contributed by atoms with Crippen LogP contribution in [-0.2, 0) is 30.2 Å². The van der Waals surface area contributed by atoms with Crippen molar-refractivity contribution in [2.75, 3.05) is 13.1 Å². The third kappa shape index (κ3) is 2.46. The number of amides is 1. The van der Waals surface area contributed by atoms with E-state index in [1.54, 1.807) is 12.1 Å². The highest BCUT2D eigenvalue weighted by Gasteiger charge is 2.63. The zero-order valence-corrected chi connectivity index (χ0v) is 16.7. The summed E-state index contributed by atoms with van der Waals surface area (Å²) in [6.07, 6.45) is 3.41. The van der Waals surface area contributed by atoms with Gasteiger partial charge in [-0.05, 0) is 55.2 Å². The number of fused-ring (bicyclic) bond motifs is 3. The summed E-state index contributed by atoms with van der Waals surface area (Å²) in [6, 6.07) is 4.78. The first-order chi connectivity index (χ1) is 12.9. The van der Waals surface area contributed by atoms with E-state index in [0.717, 1.165) is 43.7 Å². The average molecular weight is 406 g/mol. The van der Waals surface area contributed by atoms with Crippen molar-refractivity contribution in [1.82, 2.24) is 14.0 Å². The quantitative estimate of drug-likeness (QED) is 0.724. The molecule has 0 spiro atoms. The topological polar surface area (TPSA) is 30.2 Å². The van der Waals surface area contributed by atoms with Crippen molar-refractivity contribution in [3.8, 4) is 0 Å². The predicted molar refractivity (Wildman–Crippen MR) is 104 cm³/mol. The predicted octanol–water partition coefficient (Wildman–Crippen LogP) is 3.95. The van der Waals surface area contributed by atoms with Gasteiger partial charge in [0.25, 0.3) is 0 Å². The highest BCUT2D eigenvalue weighted by Crippen LogP contribution is 2.66. The molecule has 0 bridgehead atoms. The third-order valence-electron chi connectivity index (χ3n) is 6.60. The van der Waals surface area contributed by atoms with E-state index in [-0.39, 0.29) is 23.1 Å². The summed E-state index contributed by atoms with van der Waals surface area (Å²) in [5.41, 5.74) is 2.52. The zero-order valence-electron chi connectivity index (χ0n) is 15.2. The van der Waals surface area contributed by atoms with Crippen LogP contribution >= 0.6 is 23.8 Å². The molecule has 2 aromatic rings. The minimum atomic E-state index is -0.266. The summed E-state index contributed by atoms with van der Waals surface area (Å²) in [7, 11) is 1.93. The van der Waals surface area contributed by atoms with Crippen molar-refractivity contribution in [3.05, 3.63) is 50.8 Å². The van der Waals surface area contributed by atoms with Gasteiger partial charge >= 0.3 is 0 Å². The maximum absolute atomic E-state index is 14.6. The number of hydrogen-bond acceptors (Lipinski definition) is 2. The van der Waals surface area contributed by atoms with Gasteiger partial charge in [0.05, 0.1) is 6.42 Å². The average Bonchev–Trinajstić information content (AvgIpc) is 3.00. The number of carbonyl (C=O) groups is 1. The number of halogens is 2. The molecule has 1 amide bonds. The number of rotatable bonds is 3. The van der Waals surface area contributed by atoms with Gasteiger partial charge in [-0.15, -0.1) is 0 Å². The van der Waals surface area contributed by atoms with E-state index < -0.39 is 0 Å². The van der Waals surface area contributed by atoms with Crippen LogP contribution in [0.4, 0.5) is 4.39 Å². The molecule has 1 aliphatic carbocycles. The molecule has 27 heavy (non-hydrogen) atoms. The van der Waals surface area contributed by atoms with E-state index in [2.05, 4.69) is 4.57 Å². The van der Waals surface area contributed by atoms with Crippen molar-refractivity contribution < 1.29 is 9.18 Å². The standard InChI is InChI=1S/C20H21ClFN3OS/c1-23-16(9-17(26)24-6-2-3-7-24)18-14-10-20(14,11-25(18)19(23)27)13-8-12(21)4-5-15(13)22/h4-5,8,14H,2-3,6-7,9-11H2,1H3/t14-,20+/m0/s1. The highest BCUT2D eigenvalue weighted by atomic mass is 35.5. The fourth-order valence-electron chi connectivity index (χ4n) is 5.08. The van der Waals surface area contributed by atoms with E-state index in [1.165, 1.54) is 6.07 Å². The number of aromatic nitrogens is 2. The Hall–Kier alpha value is -1.66. The van der Waals surface area contributed by atoms with E-state index >= 15 is 0 Å². The summed E-state index contributed by atoms with van der Waals surface area (Å²) < 4.78 is 19.3. The van der Waals surface area contributed by atoms with Crippen LogP contribution in [0.5, 0.6) is 0 Å². The lowest BCUT2D eigenvalue weighted by atomic mass is 9.93. The van der Waals surface area contributed by atoms with Crippen molar-refractivity contribution in [1.29, 1.82) is 0 Å². The summed E-state index contributed by atoms with van der Waals surface area (Å²) in [4.78, 5) is 14.7. The van der Waals surface area contributed by atoms with Gasteiger partial charge < -0.3 is 14.0 Å². The molecule has 2 fully saturated rings. The van der Waals surface area contributed by atoms with Gasteiger partial charge in [-0.3, -0.25) is 4.79 Å². The first kappa shape index (κ1) is 17.4. The van der Waals surface area contributed by atoms with Crippen LogP contribution in [0.3, 0.4) is 0 Å². The fraction of sp³-hybridized carbons (Fsp3) is 0.500. The first-order valence-electron chi connectivity index (χ1n) is 9.44. The van der Waals surface area contributed by atoms with Crippen molar-refractivity contribution in [2.24, 2.45) is 7.05 Å². The summed E-state index contributed by atoms with van der Waals surface area (Å²) >= 11 is 11.8. The van der Waals surface area contributed by atoms with Crippen molar-refractivity contribution >= 4 is 29.7 Å². The lowest BCUT2D eigenvalue weighted by molar-refractivity contribution is -0.129. The maximum Gasteiger partial charge on any atom is 0.228 e. The number of imidazole rings is 1. The van der Waals surface area contributed by atoms with E-state index in [4.69, 9.17) is 23.8 Å². The molecule has 5 rings (SSSR count). The Balaban J connectivity index is 1.52. The van der Waals surface area contributed by atoms with E-state index in [0.29, 0.717) is 28.3 Å². The lowest BCUT2D eigenvalue weighted by Gasteiger charge is -2.16. The number of carbonyl (C=O) groups excluding carboxylic acids is 1. The normalized spacial score (nSPS) is 25.6. The minimum Gasteiger partial charge on any atom is -0.342 e. The molecule has 7 heteroatoms. The summed E-state index contributed by atoms with van der Waals surface area (Å²) in [6.45, 7) is 2.36. The van der Waals surface area contributed by atoms with Crippen molar-refractivity contribution in [2.45, 2.75) is 43.6 Å². The molecular formula is C20H21ClFN3OS. The largest absolute Gasteiger partial charge is 0.342 e. The molecule has 1 saturated heterocycles. The van der Waals surface area contributed by atoms with Gasteiger partial charge in [-0.1, -0.05) is 11.6 Å². The van der Waals surface area contributed by atoms with Crippen LogP contribution in [-0.4, -0.2) is 33.0 Å². The molecule has 4 nitrogen and oxygen atoms in total. The van der Waals surface area contributed by atoms with Gasteiger partial charge in [-0.2, -0.15) is 0 Å². The number of likely N-dealkylation sites (tertiary alicyclic amines) is 1. The molecule has 1 aromatic heterocycles. The van der Waals surface area contributed by atoms with Crippen molar-refractivity contribution in [3.63, 3.8) is 0 Å². The maximum atomic E-state index is 14.6. The Kier molecular flexibility index (Phi) is 3.82. The molecule has 3 heterocycles. The molecule has 142 valence electrons. The monoisotopic (exact) mass is 405 g/mol. The minimum absolute atomic E-state index is 0.165. The number of benzene rings is 1. The van der Waals surface area contributed by atoms with Crippen LogP contribution < -0.4 is 0 Å². The van der Waals surface area contributed by atoms with Gasteiger partial charge in [0.1, 0.15) is 5.82 Å². The smallest absolute Gasteiger partial charge is 0.228 e. The summed E-state index contributed by atoms with van der Waals surface area (Å²) in [5, 5.41) is 0.552. The van der Waals surface area contributed by atoms with Gasteiger partial charge in [0.2, 0.25) is 5.91 Å². The zero-order chi connectivity index (χ0) is 18.9. The fourth-order valence-corrected chi connectivity index (χ4v) is 5.53. The molecule has 2 atom stereocenters. The SMILES string of the molecule is Cn1c(CC(=O)N2CCCC2)c2n(c1=S)C[C@@]1(c3cc(Cl)ccc3F)C[C@@H]21. The third-order valence-corrected chi connectivity index (χ3v) is 7.33. The highest BCUT2D eigenvalue weighted by molar-refractivity contribution is 7.71. The Morgan fingerprint density at radius 1 is 1.37 bits per heavy atom. The Morgan fingerprint density at radius 3 is 2.85 bits per heavy atom. The lowest BCUT2D eigenvalue weighted by Crippen LogP contribution is -2.30. The molecule has 1 saturated carbocycles. The molecule has 0 radical (unpaired) electrons. The van der Waals surface area contributed by atoms with Crippen LogP contribution in [0.25, 0.3) is 0 Å². The number of hydrogen-bond donors (Lipinski definition) is 0.